The first-order valence-electron chi connectivity index (χ1n) is 7.51. The van der Waals surface area contributed by atoms with E-state index in [0.29, 0.717) is 12.3 Å². The maximum atomic E-state index is 12.5. The zero-order valence-electron chi connectivity index (χ0n) is 12.5. The first-order chi connectivity index (χ1) is 10.0. The average Bonchev–Trinajstić information content (AvgIpc) is 3.26. The van der Waals surface area contributed by atoms with Crippen molar-refractivity contribution in [2.45, 2.75) is 43.5 Å². The Balaban J connectivity index is 1.86. The molecule has 0 aliphatic heterocycles. The average molecular weight is 329 g/mol. The van der Waals surface area contributed by atoms with Crippen LogP contribution in [0.4, 0.5) is 5.69 Å². The van der Waals surface area contributed by atoms with Crippen LogP contribution in [-0.2, 0) is 10.0 Å². The summed E-state index contributed by atoms with van der Waals surface area (Å²) in [7, 11) is -3.12. The van der Waals surface area contributed by atoms with Crippen molar-refractivity contribution in [3.63, 3.8) is 0 Å². The highest BCUT2D eigenvalue weighted by Crippen LogP contribution is 2.30. The van der Waals surface area contributed by atoms with E-state index in [-0.39, 0.29) is 11.8 Å². The summed E-state index contributed by atoms with van der Waals surface area (Å²) in [5.74, 6) is 0.795. The van der Waals surface area contributed by atoms with E-state index >= 15 is 0 Å². The van der Waals surface area contributed by atoms with Crippen LogP contribution in [0.5, 0.6) is 0 Å². The molecule has 0 bridgehead atoms. The smallest absolute Gasteiger partial charge is 0.215 e. The van der Waals surface area contributed by atoms with Crippen molar-refractivity contribution in [1.29, 1.82) is 0 Å². The maximum absolute atomic E-state index is 12.5. The van der Waals surface area contributed by atoms with Gasteiger partial charge in [-0.3, -0.25) is 0 Å². The SMILES string of the molecule is CCCCN(C1CC1)S(=O)(=O)CCSc1ccc(N)cc1. The monoisotopic (exact) mass is 328 g/mol. The molecule has 0 atom stereocenters. The number of unbranched alkanes of at least 4 members (excludes halogenated alkanes) is 1. The summed E-state index contributed by atoms with van der Waals surface area (Å²) < 4.78 is 26.6. The number of hydrogen-bond acceptors (Lipinski definition) is 4. The highest BCUT2D eigenvalue weighted by molar-refractivity contribution is 8.00. The molecule has 0 aromatic heterocycles. The third kappa shape index (κ3) is 5.20. The molecule has 118 valence electrons. The lowest BCUT2D eigenvalue weighted by atomic mass is 10.3. The molecule has 0 spiro atoms. The Morgan fingerprint density at radius 3 is 2.52 bits per heavy atom. The number of nitrogens with two attached hydrogens (primary N) is 1. The molecule has 1 aliphatic carbocycles. The van der Waals surface area contributed by atoms with Gasteiger partial charge in [-0.15, -0.1) is 11.8 Å². The molecule has 21 heavy (non-hydrogen) atoms. The van der Waals surface area contributed by atoms with Gasteiger partial charge in [-0.25, -0.2) is 8.42 Å². The minimum atomic E-state index is -3.12. The molecule has 0 heterocycles. The Hall–Kier alpha value is -0.720. The molecule has 0 radical (unpaired) electrons. The standard InChI is InChI=1S/C15H24N2O2S2/c1-2-3-10-17(14-6-7-14)21(18,19)12-11-20-15-8-4-13(16)5-9-15/h4-5,8-9,14H,2-3,6-7,10-12,16H2,1H3. The van der Waals surface area contributed by atoms with E-state index in [1.807, 2.05) is 24.3 Å². The lowest BCUT2D eigenvalue weighted by Gasteiger charge is -2.21. The van der Waals surface area contributed by atoms with Crippen molar-refractivity contribution < 1.29 is 8.42 Å². The highest BCUT2D eigenvalue weighted by atomic mass is 32.2. The number of benzene rings is 1. The van der Waals surface area contributed by atoms with Crippen molar-refractivity contribution in [2.24, 2.45) is 0 Å². The fourth-order valence-electron chi connectivity index (χ4n) is 2.17. The lowest BCUT2D eigenvalue weighted by Crippen LogP contribution is -2.36. The summed E-state index contributed by atoms with van der Waals surface area (Å²) in [5.41, 5.74) is 6.37. The second-order valence-electron chi connectivity index (χ2n) is 5.43. The van der Waals surface area contributed by atoms with Crippen LogP contribution in [0.1, 0.15) is 32.6 Å². The highest BCUT2D eigenvalue weighted by Gasteiger charge is 2.36. The zero-order valence-corrected chi connectivity index (χ0v) is 14.1. The predicted octanol–water partition coefficient (Wildman–Crippen LogP) is 2.96. The van der Waals surface area contributed by atoms with Crippen molar-refractivity contribution >= 4 is 27.5 Å². The van der Waals surface area contributed by atoms with E-state index in [0.717, 1.165) is 36.3 Å². The second kappa shape index (κ2) is 7.51. The topological polar surface area (TPSA) is 63.4 Å². The third-order valence-electron chi connectivity index (χ3n) is 3.53. The van der Waals surface area contributed by atoms with Crippen LogP contribution in [0, 0.1) is 0 Å². The number of hydrogen-bond donors (Lipinski definition) is 1. The Bertz CT molecular complexity index is 539. The van der Waals surface area contributed by atoms with Gasteiger partial charge in [0.15, 0.2) is 0 Å². The minimum absolute atomic E-state index is 0.211. The molecular weight excluding hydrogens is 304 g/mol. The van der Waals surface area contributed by atoms with Gasteiger partial charge in [0.1, 0.15) is 0 Å². The van der Waals surface area contributed by atoms with Crippen LogP contribution >= 0.6 is 11.8 Å². The van der Waals surface area contributed by atoms with Gasteiger partial charge >= 0.3 is 0 Å². The summed E-state index contributed by atoms with van der Waals surface area (Å²) in [5, 5.41) is 0. The van der Waals surface area contributed by atoms with Crippen LogP contribution in [0.25, 0.3) is 0 Å². The van der Waals surface area contributed by atoms with Gasteiger partial charge in [0.25, 0.3) is 0 Å². The van der Waals surface area contributed by atoms with Gasteiger partial charge in [0.05, 0.1) is 5.75 Å². The molecule has 0 saturated heterocycles. The van der Waals surface area contributed by atoms with Gasteiger partial charge in [-0.05, 0) is 43.5 Å². The van der Waals surface area contributed by atoms with E-state index in [1.165, 1.54) is 0 Å². The van der Waals surface area contributed by atoms with E-state index in [2.05, 4.69) is 6.92 Å². The van der Waals surface area contributed by atoms with Gasteiger partial charge < -0.3 is 5.73 Å². The van der Waals surface area contributed by atoms with Gasteiger partial charge in [-0.1, -0.05) is 13.3 Å². The molecule has 1 fully saturated rings. The van der Waals surface area contributed by atoms with Crippen molar-refractivity contribution in [1.82, 2.24) is 4.31 Å². The Morgan fingerprint density at radius 2 is 1.95 bits per heavy atom. The van der Waals surface area contributed by atoms with E-state index in [1.54, 1.807) is 16.1 Å². The molecule has 0 unspecified atom stereocenters. The van der Waals surface area contributed by atoms with Crippen LogP contribution in [0.3, 0.4) is 0 Å². The molecule has 4 nitrogen and oxygen atoms in total. The lowest BCUT2D eigenvalue weighted by molar-refractivity contribution is 0.396. The van der Waals surface area contributed by atoms with E-state index in [4.69, 9.17) is 5.73 Å². The van der Waals surface area contributed by atoms with Crippen LogP contribution < -0.4 is 5.73 Å². The molecule has 2 rings (SSSR count). The third-order valence-corrected chi connectivity index (χ3v) is 6.72. The van der Waals surface area contributed by atoms with E-state index < -0.39 is 10.0 Å². The summed E-state index contributed by atoms with van der Waals surface area (Å²) in [6, 6.07) is 7.82. The zero-order chi connectivity index (χ0) is 15.3. The number of anilines is 1. The fraction of sp³-hybridized carbons (Fsp3) is 0.600. The Labute approximate surface area is 132 Å². The molecular formula is C15H24N2O2S2. The van der Waals surface area contributed by atoms with Crippen LogP contribution in [-0.4, -0.2) is 36.8 Å². The molecule has 2 N–H and O–H groups in total. The van der Waals surface area contributed by atoms with Gasteiger partial charge in [0.2, 0.25) is 10.0 Å². The molecule has 1 saturated carbocycles. The van der Waals surface area contributed by atoms with Crippen molar-refractivity contribution in [3.8, 4) is 0 Å². The Morgan fingerprint density at radius 1 is 1.29 bits per heavy atom. The first kappa shape index (κ1) is 16.6. The minimum Gasteiger partial charge on any atom is -0.399 e. The first-order valence-corrected chi connectivity index (χ1v) is 10.1. The Kier molecular flexibility index (Phi) is 5.96. The molecule has 1 aromatic rings. The molecule has 6 heteroatoms. The number of sulfonamides is 1. The number of thioether (sulfide) groups is 1. The molecule has 0 amide bonds. The van der Waals surface area contributed by atoms with Crippen molar-refractivity contribution in [3.05, 3.63) is 24.3 Å². The fourth-order valence-corrected chi connectivity index (χ4v) is 5.22. The normalized spacial score (nSPS) is 15.5. The van der Waals surface area contributed by atoms with Crippen LogP contribution in [0.2, 0.25) is 0 Å². The number of nitrogens with zero attached hydrogens (tertiary/aromatic N) is 1. The predicted molar refractivity (Wildman–Crippen MR) is 90.0 cm³/mol. The van der Waals surface area contributed by atoms with Crippen LogP contribution in [0.15, 0.2) is 29.2 Å². The number of nitrogen functional groups attached to an aromatic ring is 1. The summed E-state index contributed by atoms with van der Waals surface area (Å²) >= 11 is 1.57. The van der Waals surface area contributed by atoms with Crippen molar-refractivity contribution in [2.75, 3.05) is 23.8 Å². The molecule has 1 aliphatic rings. The summed E-state index contributed by atoms with van der Waals surface area (Å²) in [4.78, 5) is 1.06. The van der Waals surface area contributed by atoms with E-state index in [9.17, 15) is 8.42 Å². The van der Waals surface area contributed by atoms with Gasteiger partial charge in [0, 0.05) is 28.9 Å². The summed E-state index contributed by atoms with van der Waals surface area (Å²) in [6.45, 7) is 2.77. The second-order valence-corrected chi connectivity index (χ2v) is 8.64. The van der Waals surface area contributed by atoms with Gasteiger partial charge in [-0.2, -0.15) is 4.31 Å². The maximum Gasteiger partial charge on any atom is 0.215 e. The number of rotatable bonds is 9. The largest absolute Gasteiger partial charge is 0.399 e. The summed E-state index contributed by atoms with van der Waals surface area (Å²) in [6.07, 6.45) is 4.02. The quantitative estimate of drug-likeness (QED) is 0.559. The molecule has 1 aromatic carbocycles.